The molecule has 4 rings (SSSR count). The van der Waals surface area contributed by atoms with E-state index in [2.05, 4.69) is 42.9 Å². The minimum Gasteiger partial charge on any atom is -0.494 e. The Morgan fingerprint density at radius 1 is 1.31 bits per heavy atom. The first-order valence-electron chi connectivity index (χ1n) is 8.53. The molecule has 0 saturated carbocycles. The molecule has 26 heavy (non-hydrogen) atoms. The fraction of sp³-hybridized carbons (Fsp3) is 0.368. The number of ether oxygens (including phenoxy) is 1. The van der Waals surface area contributed by atoms with Crippen LogP contribution in [-0.2, 0) is 5.60 Å². The largest absolute Gasteiger partial charge is 0.494 e. The summed E-state index contributed by atoms with van der Waals surface area (Å²) in [6.07, 6.45) is 1.33. The van der Waals surface area contributed by atoms with E-state index < -0.39 is 5.60 Å². The summed E-state index contributed by atoms with van der Waals surface area (Å²) in [5.74, 6) is 0.787. The van der Waals surface area contributed by atoms with E-state index in [4.69, 9.17) is 4.74 Å². The summed E-state index contributed by atoms with van der Waals surface area (Å²) in [4.78, 5) is 12.2. The number of benzene rings is 1. The Morgan fingerprint density at radius 2 is 2.08 bits per heavy atom. The van der Waals surface area contributed by atoms with E-state index in [1.807, 2.05) is 19.1 Å². The van der Waals surface area contributed by atoms with Crippen LogP contribution in [0.3, 0.4) is 0 Å². The SMILES string of the molecule is COc1cccc2c(N3CCC(O)(c4scnc4Br)CC3)cc(C)nc12. The maximum absolute atomic E-state index is 11.1. The Labute approximate surface area is 164 Å². The van der Waals surface area contributed by atoms with Crippen molar-refractivity contribution in [1.29, 1.82) is 0 Å². The number of fused-ring (bicyclic) bond motifs is 1. The van der Waals surface area contributed by atoms with Gasteiger partial charge in [-0.05, 0) is 47.8 Å². The quantitative estimate of drug-likeness (QED) is 0.668. The van der Waals surface area contributed by atoms with Crippen molar-refractivity contribution in [3.05, 3.63) is 45.0 Å². The van der Waals surface area contributed by atoms with Gasteiger partial charge < -0.3 is 14.7 Å². The van der Waals surface area contributed by atoms with Gasteiger partial charge in [0.1, 0.15) is 21.5 Å². The molecule has 0 unspecified atom stereocenters. The maximum Gasteiger partial charge on any atom is 0.145 e. The summed E-state index contributed by atoms with van der Waals surface area (Å²) in [5.41, 5.74) is 3.96. The summed E-state index contributed by atoms with van der Waals surface area (Å²) in [6.45, 7) is 3.55. The molecule has 3 aromatic rings. The number of aliphatic hydroxyl groups is 1. The molecule has 1 saturated heterocycles. The van der Waals surface area contributed by atoms with Crippen molar-refractivity contribution < 1.29 is 9.84 Å². The number of pyridine rings is 1. The predicted octanol–water partition coefficient (Wildman–Crippen LogP) is 4.26. The summed E-state index contributed by atoms with van der Waals surface area (Å²) in [7, 11) is 1.67. The van der Waals surface area contributed by atoms with Crippen LogP contribution in [0.4, 0.5) is 5.69 Å². The molecule has 1 aliphatic rings. The smallest absolute Gasteiger partial charge is 0.145 e. The lowest BCUT2D eigenvalue weighted by Crippen LogP contribution is -2.42. The van der Waals surface area contributed by atoms with Crippen LogP contribution in [-0.4, -0.2) is 35.3 Å². The zero-order valence-electron chi connectivity index (χ0n) is 14.7. The lowest BCUT2D eigenvalue weighted by Gasteiger charge is -2.39. The first-order chi connectivity index (χ1) is 12.5. The molecule has 0 radical (unpaired) electrons. The number of nitrogens with zero attached hydrogens (tertiary/aromatic N) is 3. The Balaban J connectivity index is 1.67. The summed E-state index contributed by atoms with van der Waals surface area (Å²) in [5, 5.41) is 12.2. The normalized spacial score (nSPS) is 16.8. The van der Waals surface area contributed by atoms with Crippen LogP contribution in [0.5, 0.6) is 5.75 Å². The van der Waals surface area contributed by atoms with Crippen LogP contribution in [0, 0.1) is 6.92 Å². The number of rotatable bonds is 3. The summed E-state index contributed by atoms with van der Waals surface area (Å²) < 4.78 is 6.25. The minimum atomic E-state index is -0.813. The van der Waals surface area contributed by atoms with Gasteiger partial charge in [-0.2, -0.15) is 0 Å². The number of anilines is 1. The number of para-hydroxylation sites is 1. The highest BCUT2D eigenvalue weighted by Gasteiger charge is 2.37. The molecule has 1 aliphatic heterocycles. The fourth-order valence-corrected chi connectivity index (χ4v) is 5.36. The van der Waals surface area contributed by atoms with Crippen molar-refractivity contribution in [3.63, 3.8) is 0 Å². The van der Waals surface area contributed by atoms with E-state index in [0.717, 1.165) is 50.6 Å². The first kappa shape index (κ1) is 17.7. The van der Waals surface area contributed by atoms with Crippen molar-refractivity contribution in [2.24, 2.45) is 0 Å². The molecule has 1 aromatic carbocycles. The summed E-state index contributed by atoms with van der Waals surface area (Å²) in [6, 6.07) is 8.14. The zero-order valence-corrected chi connectivity index (χ0v) is 17.1. The number of aryl methyl sites for hydroxylation is 1. The van der Waals surface area contributed by atoms with Crippen LogP contribution in [0.15, 0.2) is 34.4 Å². The van der Waals surface area contributed by atoms with E-state index in [9.17, 15) is 5.11 Å². The van der Waals surface area contributed by atoms with Crippen LogP contribution in [0.1, 0.15) is 23.4 Å². The third-order valence-electron chi connectivity index (χ3n) is 5.01. The number of hydrogen-bond donors (Lipinski definition) is 1. The van der Waals surface area contributed by atoms with E-state index in [0.29, 0.717) is 12.8 Å². The number of thiazole rings is 1. The van der Waals surface area contributed by atoms with E-state index in [-0.39, 0.29) is 0 Å². The highest BCUT2D eigenvalue weighted by molar-refractivity contribution is 9.10. The Bertz CT molecular complexity index is 951. The molecule has 1 fully saturated rings. The predicted molar refractivity (Wildman–Crippen MR) is 108 cm³/mol. The van der Waals surface area contributed by atoms with E-state index >= 15 is 0 Å². The van der Waals surface area contributed by atoms with Gasteiger partial charge in [-0.15, -0.1) is 11.3 Å². The van der Waals surface area contributed by atoms with Gasteiger partial charge in [-0.1, -0.05) is 12.1 Å². The molecule has 5 nitrogen and oxygen atoms in total. The maximum atomic E-state index is 11.1. The molecule has 136 valence electrons. The second-order valence-electron chi connectivity index (χ2n) is 6.63. The molecule has 7 heteroatoms. The minimum absolute atomic E-state index is 0.667. The number of halogens is 1. The van der Waals surface area contributed by atoms with E-state index in [1.54, 1.807) is 12.6 Å². The van der Waals surface area contributed by atoms with Gasteiger partial charge in [0.05, 0.1) is 17.5 Å². The Kier molecular flexibility index (Phi) is 4.62. The van der Waals surface area contributed by atoms with Crippen molar-refractivity contribution in [3.8, 4) is 5.75 Å². The second kappa shape index (κ2) is 6.79. The van der Waals surface area contributed by atoms with Crippen LogP contribution < -0.4 is 9.64 Å². The van der Waals surface area contributed by atoms with Gasteiger partial charge in [0, 0.05) is 29.9 Å². The van der Waals surface area contributed by atoms with Crippen molar-refractivity contribution in [1.82, 2.24) is 9.97 Å². The molecule has 0 spiro atoms. The number of piperidine rings is 1. The lowest BCUT2D eigenvalue weighted by atomic mass is 9.90. The second-order valence-corrected chi connectivity index (χ2v) is 8.24. The Hall–Kier alpha value is -1.70. The average molecular weight is 434 g/mol. The van der Waals surface area contributed by atoms with Crippen molar-refractivity contribution in [2.45, 2.75) is 25.4 Å². The number of hydrogen-bond acceptors (Lipinski definition) is 6. The van der Waals surface area contributed by atoms with Crippen molar-refractivity contribution in [2.75, 3.05) is 25.1 Å². The average Bonchev–Trinajstić information content (AvgIpc) is 3.08. The summed E-state index contributed by atoms with van der Waals surface area (Å²) >= 11 is 4.97. The number of methoxy groups -OCH3 is 1. The van der Waals surface area contributed by atoms with Gasteiger partial charge >= 0.3 is 0 Å². The first-order valence-corrected chi connectivity index (χ1v) is 10.2. The van der Waals surface area contributed by atoms with Crippen molar-refractivity contribution >= 4 is 43.9 Å². The van der Waals surface area contributed by atoms with Crippen LogP contribution in [0.2, 0.25) is 0 Å². The molecular weight excluding hydrogens is 414 g/mol. The van der Waals surface area contributed by atoms with Gasteiger partial charge in [0.25, 0.3) is 0 Å². The van der Waals surface area contributed by atoms with Gasteiger partial charge in [-0.3, -0.25) is 0 Å². The van der Waals surface area contributed by atoms with Crippen LogP contribution in [0.25, 0.3) is 10.9 Å². The van der Waals surface area contributed by atoms with Crippen LogP contribution >= 0.6 is 27.3 Å². The fourth-order valence-electron chi connectivity index (χ4n) is 3.63. The lowest BCUT2D eigenvalue weighted by molar-refractivity contribution is 0.0145. The zero-order chi connectivity index (χ0) is 18.3. The third-order valence-corrected chi connectivity index (χ3v) is 6.89. The van der Waals surface area contributed by atoms with Gasteiger partial charge in [0.15, 0.2) is 0 Å². The van der Waals surface area contributed by atoms with E-state index in [1.165, 1.54) is 11.3 Å². The highest BCUT2D eigenvalue weighted by Crippen LogP contribution is 2.41. The molecule has 0 bridgehead atoms. The molecule has 0 aliphatic carbocycles. The third kappa shape index (κ3) is 2.98. The number of aromatic nitrogens is 2. The molecule has 2 aromatic heterocycles. The van der Waals surface area contributed by atoms with Gasteiger partial charge in [0.2, 0.25) is 0 Å². The van der Waals surface area contributed by atoms with Gasteiger partial charge in [-0.25, -0.2) is 9.97 Å². The molecule has 0 atom stereocenters. The standard InChI is InChI=1S/C19H20BrN3O2S/c1-12-10-14(13-4-3-5-15(25-2)16(13)22-12)23-8-6-19(24,7-9-23)17-18(20)21-11-26-17/h3-5,10-11,24H,6-9H2,1-2H3. The topological polar surface area (TPSA) is 58.5 Å². The molecule has 3 heterocycles. The Morgan fingerprint density at radius 3 is 2.73 bits per heavy atom. The monoisotopic (exact) mass is 433 g/mol. The molecule has 1 N–H and O–H groups in total. The molecular formula is C19H20BrN3O2S. The molecule has 0 amide bonds. The highest BCUT2D eigenvalue weighted by atomic mass is 79.9.